The summed E-state index contributed by atoms with van der Waals surface area (Å²) >= 11 is 0. The van der Waals surface area contributed by atoms with Gasteiger partial charge in [-0.15, -0.1) is 0 Å². The van der Waals surface area contributed by atoms with Crippen molar-refractivity contribution in [1.82, 2.24) is 4.98 Å². The third-order valence-corrected chi connectivity index (χ3v) is 4.69. The summed E-state index contributed by atoms with van der Waals surface area (Å²) in [6, 6.07) is 14.4. The molecule has 1 N–H and O–H groups in total. The Balaban J connectivity index is 1.58. The van der Waals surface area contributed by atoms with Gasteiger partial charge in [-0.1, -0.05) is 30.0 Å². The molecule has 0 saturated heterocycles. The second kappa shape index (κ2) is 8.64. The summed E-state index contributed by atoms with van der Waals surface area (Å²) in [6.07, 6.45) is 3.57. The number of nitrogens with one attached hydrogen (secondary N) is 1. The Bertz CT molecular complexity index is 1270. The van der Waals surface area contributed by atoms with Crippen molar-refractivity contribution in [2.24, 2.45) is 0 Å². The molecule has 3 aromatic rings. The molecule has 31 heavy (non-hydrogen) atoms. The maximum absolute atomic E-state index is 13.4. The molecule has 0 unspecified atom stereocenters. The SMILES string of the molecule is COc1ccc(CC#Cc2ccc3c(c2)C(=O)/C(=C\c2cccc(F)c2)C(=O)N3)cn1. The number of rotatable bonds is 3. The van der Waals surface area contributed by atoms with Crippen molar-refractivity contribution >= 4 is 23.5 Å². The van der Waals surface area contributed by atoms with Crippen LogP contribution in [-0.2, 0) is 11.2 Å². The fraction of sp³-hybridized carbons (Fsp3) is 0.0800. The van der Waals surface area contributed by atoms with Crippen LogP contribution in [-0.4, -0.2) is 23.8 Å². The van der Waals surface area contributed by atoms with E-state index in [9.17, 15) is 14.0 Å². The zero-order valence-electron chi connectivity index (χ0n) is 16.6. The van der Waals surface area contributed by atoms with Gasteiger partial charge in [0, 0.05) is 29.8 Å². The molecule has 0 bridgehead atoms. The Kier molecular flexibility index (Phi) is 5.59. The largest absolute Gasteiger partial charge is 0.481 e. The van der Waals surface area contributed by atoms with Crippen LogP contribution in [0.1, 0.15) is 27.0 Å². The molecule has 0 saturated carbocycles. The van der Waals surface area contributed by atoms with Crippen LogP contribution in [0.3, 0.4) is 0 Å². The zero-order valence-corrected chi connectivity index (χ0v) is 16.6. The van der Waals surface area contributed by atoms with Crippen molar-refractivity contribution in [2.75, 3.05) is 12.4 Å². The fourth-order valence-electron chi connectivity index (χ4n) is 3.14. The molecule has 2 heterocycles. The second-order valence-corrected chi connectivity index (χ2v) is 6.84. The molecule has 0 aliphatic carbocycles. The number of benzene rings is 2. The van der Waals surface area contributed by atoms with Crippen molar-refractivity contribution in [3.63, 3.8) is 0 Å². The lowest BCUT2D eigenvalue weighted by Crippen LogP contribution is -2.27. The number of aromatic nitrogens is 1. The Morgan fingerprint density at radius 1 is 1.13 bits per heavy atom. The molecule has 1 aliphatic rings. The summed E-state index contributed by atoms with van der Waals surface area (Å²) in [7, 11) is 1.56. The molecule has 2 aromatic carbocycles. The Morgan fingerprint density at radius 2 is 2.00 bits per heavy atom. The average Bonchev–Trinajstić information content (AvgIpc) is 2.77. The number of pyridine rings is 1. The summed E-state index contributed by atoms with van der Waals surface area (Å²) in [5.74, 6) is 5.24. The van der Waals surface area contributed by atoms with Crippen molar-refractivity contribution in [2.45, 2.75) is 6.42 Å². The van der Waals surface area contributed by atoms with Gasteiger partial charge in [0.15, 0.2) is 0 Å². The van der Waals surface area contributed by atoms with Crippen LogP contribution in [0.2, 0.25) is 0 Å². The third-order valence-electron chi connectivity index (χ3n) is 4.69. The number of fused-ring (bicyclic) bond motifs is 1. The number of hydrogen-bond donors (Lipinski definition) is 1. The highest BCUT2D eigenvalue weighted by molar-refractivity contribution is 6.36. The van der Waals surface area contributed by atoms with Crippen molar-refractivity contribution in [3.05, 3.63) is 94.4 Å². The monoisotopic (exact) mass is 412 g/mol. The highest BCUT2D eigenvalue weighted by Crippen LogP contribution is 2.27. The number of nitrogens with zero attached hydrogens (tertiary/aromatic N) is 1. The number of carbonyl (C=O) groups is 2. The fourth-order valence-corrected chi connectivity index (χ4v) is 3.14. The van der Waals surface area contributed by atoms with Gasteiger partial charge in [-0.25, -0.2) is 9.37 Å². The number of halogens is 1. The van der Waals surface area contributed by atoms with Crippen molar-refractivity contribution in [3.8, 4) is 17.7 Å². The number of hydrogen-bond acceptors (Lipinski definition) is 4. The molecular weight excluding hydrogens is 395 g/mol. The molecule has 6 heteroatoms. The van der Waals surface area contributed by atoms with Crippen LogP contribution >= 0.6 is 0 Å². The predicted molar refractivity (Wildman–Crippen MR) is 115 cm³/mol. The molecule has 1 aliphatic heterocycles. The number of amides is 1. The number of anilines is 1. The van der Waals surface area contributed by atoms with E-state index in [0.29, 0.717) is 34.7 Å². The molecular formula is C25H17FN2O3. The Labute approximate surface area is 178 Å². The molecule has 0 spiro atoms. The summed E-state index contributed by atoms with van der Waals surface area (Å²) in [5, 5.41) is 2.71. The minimum atomic E-state index is -0.521. The normalized spacial score (nSPS) is 13.8. The van der Waals surface area contributed by atoms with E-state index in [0.717, 1.165) is 5.56 Å². The smallest absolute Gasteiger partial charge is 0.259 e. The van der Waals surface area contributed by atoms with Crippen molar-refractivity contribution < 1.29 is 18.7 Å². The molecule has 1 amide bonds. The average molecular weight is 412 g/mol. The highest BCUT2D eigenvalue weighted by atomic mass is 19.1. The molecule has 0 fully saturated rings. The van der Waals surface area contributed by atoms with Gasteiger partial charge < -0.3 is 10.1 Å². The van der Waals surface area contributed by atoms with E-state index in [1.165, 1.54) is 24.3 Å². The Morgan fingerprint density at radius 3 is 2.74 bits per heavy atom. The minimum absolute atomic E-state index is 0.0486. The lowest BCUT2D eigenvalue weighted by Gasteiger charge is -2.18. The molecule has 4 rings (SSSR count). The second-order valence-electron chi connectivity index (χ2n) is 6.84. The van der Waals surface area contributed by atoms with Gasteiger partial charge in [0.25, 0.3) is 5.91 Å². The number of Topliss-reactive ketones (excluding diaryl/α,β-unsaturated/α-hetero) is 1. The molecule has 0 atom stereocenters. The van der Waals surface area contributed by atoms with Crippen LogP contribution in [0, 0.1) is 17.7 Å². The zero-order chi connectivity index (χ0) is 21.8. The van der Waals surface area contributed by atoms with Crippen LogP contribution < -0.4 is 10.1 Å². The Hall–Kier alpha value is -4.24. The van der Waals surface area contributed by atoms with Crippen LogP contribution in [0.4, 0.5) is 10.1 Å². The number of ketones is 1. The van der Waals surface area contributed by atoms with E-state index in [-0.39, 0.29) is 5.57 Å². The first-order chi connectivity index (χ1) is 15.0. The standard InChI is InChI=1S/C25H17FN2O3/c1-31-23-11-9-17(15-27-23)5-2-4-16-8-10-22-20(13-16)24(29)21(25(30)28-22)14-18-6-3-7-19(26)12-18/h3,6-15H,5H2,1H3,(H,28,30)/b21-14+. The van der Waals surface area contributed by atoms with Crippen LogP contribution in [0.25, 0.3) is 6.08 Å². The first-order valence-electron chi connectivity index (χ1n) is 9.48. The minimum Gasteiger partial charge on any atom is -0.481 e. The van der Waals surface area contributed by atoms with E-state index in [1.54, 1.807) is 43.6 Å². The lowest BCUT2D eigenvalue weighted by atomic mass is 9.93. The summed E-state index contributed by atoms with van der Waals surface area (Å²) in [6.45, 7) is 0. The van der Waals surface area contributed by atoms with E-state index in [1.807, 2.05) is 6.07 Å². The lowest BCUT2D eigenvalue weighted by molar-refractivity contribution is -0.112. The van der Waals surface area contributed by atoms with Gasteiger partial charge in [0.1, 0.15) is 5.82 Å². The maximum Gasteiger partial charge on any atom is 0.259 e. The van der Waals surface area contributed by atoms with Gasteiger partial charge >= 0.3 is 0 Å². The summed E-state index contributed by atoms with van der Waals surface area (Å²) < 4.78 is 18.5. The topological polar surface area (TPSA) is 68.3 Å². The molecule has 0 radical (unpaired) electrons. The van der Waals surface area contributed by atoms with Gasteiger partial charge in [-0.2, -0.15) is 0 Å². The van der Waals surface area contributed by atoms with E-state index >= 15 is 0 Å². The maximum atomic E-state index is 13.4. The predicted octanol–water partition coefficient (Wildman–Crippen LogP) is 4.04. The molecule has 1 aromatic heterocycles. The number of carbonyl (C=O) groups excluding carboxylic acids is 2. The summed E-state index contributed by atoms with van der Waals surface area (Å²) in [4.78, 5) is 29.5. The van der Waals surface area contributed by atoms with Crippen LogP contribution in [0.5, 0.6) is 5.88 Å². The van der Waals surface area contributed by atoms with E-state index in [2.05, 4.69) is 22.1 Å². The van der Waals surface area contributed by atoms with Crippen molar-refractivity contribution in [1.29, 1.82) is 0 Å². The first kappa shape index (κ1) is 20.0. The number of ether oxygens (including phenoxy) is 1. The van der Waals surface area contributed by atoms with E-state index in [4.69, 9.17) is 4.74 Å². The van der Waals surface area contributed by atoms with Gasteiger partial charge in [0.2, 0.25) is 11.7 Å². The van der Waals surface area contributed by atoms with Gasteiger partial charge in [-0.05, 0) is 47.5 Å². The van der Waals surface area contributed by atoms with Gasteiger partial charge in [0.05, 0.1) is 18.4 Å². The quantitative estimate of drug-likeness (QED) is 0.401. The molecule has 5 nitrogen and oxygen atoms in total. The highest BCUT2D eigenvalue weighted by Gasteiger charge is 2.28. The number of methoxy groups -OCH3 is 1. The van der Waals surface area contributed by atoms with Crippen LogP contribution in [0.15, 0.2) is 66.4 Å². The van der Waals surface area contributed by atoms with E-state index < -0.39 is 17.5 Å². The third kappa shape index (κ3) is 4.51. The molecule has 152 valence electrons. The summed E-state index contributed by atoms with van der Waals surface area (Å²) in [5.41, 5.74) is 2.75. The van der Waals surface area contributed by atoms with Gasteiger partial charge in [-0.3, -0.25) is 9.59 Å². The first-order valence-corrected chi connectivity index (χ1v) is 9.48.